The van der Waals surface area contributed by atoms with E-state index in [1.165, 1.54) is 5.56 Å². The van der Waals surface area contributed by atoms with Crippen molar-refractivity contribution in [3.05, 3.63) is 76.9 Å². The highest BCUT2D eigenvalue weighted by Crippen LogP contribution is 2.31. The average Bonchev–Trinajstić information content (AvgIpc) is 3.14. The number of piperidine rings is 1. The normalized spacial score (nSPS) is 16.2. The van der Waals surface area contributed by atoms with Crippen LogP contribution < -0.4 is 0 Å². The number of likely N-dealkylation sites (tertiary alicyclic amines) is 1. The van der Waals surface area contributed by atoms with Crippen molar-refractivity contribution in [2.75, 3.05) is 13.1 Å². The van der Waals surface area contributed by atoms with Gasteiger partial charge in [0.15, 0.2) is 5.76 Å². The largest absolute Gasteiger partial charge is 0.356 e. The molecule has 0 saturated carbocycles. The van der Waals surface area contributed by atoms with Crippen molar-refractivity contribution in [1.82, 2.24) is 10.1 Å². The molecule has 3 aromatic rings. The Hall–Kier alpha value is -2.10. The number of hydrogen-bond acceptors (Lipinski definition) is 3. The molecule has 3 nitrogen and oxygen atoms in total. The van der Waals surface area contributed by atoms with Crippen LogP contribution in [0.1, 0.15) is 30.0 Å². The molecular formula is C21H21ClN2O. The van der Waals surface area contributed by atoms with Gasteiger partial charge >= 0.3 is 0 Å². The third-order valence-electron chi connectivity index (χ3n) is 4.91. The second kappa shape index (κ2) is 7.42. The van der Waals surface area contributed by atoms with Gasteiger partial charge in [0.25, 0.3) is 0 Å². The maximum absolute atomic E-state index is 5.95. The highest BCUT2D eigenvalue weighted by Gasteiger charge is 2.23. The minimum absolute atomic E-state index is 0.483. The Bertz CT molecular complexity index is 805. The zero-order chi connectivity index (χ0) is 17.1. The Kier molecular flexibility index (Phi) is 4.86. The van der Waals surface area contributed by atoms with Gasteiger partial charge < -0.3 is 4.52 Å². The van der Waals surface area contributed by atoms with Crippen LogP contribution in [0, 0.1) is 0 Å². The van der Waals surface area contributed by atoms with Gasteiger partial charge in [0.2, 0.25) is 0 Å². The fourth-order valence-corrected chi connectivity index (χ4v) is 3.59. The second-order valence-corrected chi connectivity index (χ2v) is 7.10. The predicted octanol–water partition coefficient (Wildman–Crippen LogP) is 5.37. The number of hydrogen-bond donors (Lipinski definition) is 0. The molecule has 0 N–H and O–H groups in total. The number of nitrogens with zero attached hydrogens (tertiary/aromatic N) is 2. The summed E-state index contributed by atoms with van der Waals surface area (Å²) >= 11 is 5.95. The van der Waals surface area contributed by atoms with E-state index >= 15 is 0 Å². The number of halogens is 1. The first-order valence-electron chi connectivity index (χ1n) is 8.77. The summed E-state index contributed by atoms with van der Waals surface area (Å²) in [7, 11) is 0. The third-order valence-corrected chi connectivity index (χ3v) is 5.16. The minimum atomic E-state index is 0.483. The number of benzene rings is 2. The Balaban J connectivity index is 1.37. The van der Waals surface area contributed by atoms with Crippen LogP contribution in [0.3, 0.4) is 0 Å². The molecule has 2 heterocycles. The summed E-state index contributed by atoms with van der Waals surface area (Å²) in [6.45, 7) is 3.23. The van der Waals surface area contributed by atoms with Crippen molar-refractivity contribution in [3.63, 3.8) is 0 Å². The summed E-state index contributed by atoms with van der Waals surface area (Å²) in [4.78, 5) is 2.52. The molecule has 0 atom stereocenters. The van der Waals surface area contributed by atoms with Crippen LogP contribution in [-0.2, 0) is 6.54 Å². The van der Waals surface area contributed by atoms with E-state index in [0.29, 0.717) is 5.92 Å². The summed E-state index contributed by atoms with van der Waals surface area (Å²) in [5, 5.41) is 5.05. The van der Waals surface area contributed by atoms with Crippen LogP contribution in [0.25, 0.3) is 11.3 Å². The predicted molar refractivity (Wildman–Crippen MR) is 101 cm³/mol. The van der Waals surface area contributed by atoms with Crippen molar-refractivity contribution >= 4 is 11.6 Å². The van der Waals surface area contributed by atoms with Gasteiger partial charge in [0, 0.05) is 29.1 Å². The van der Waals surface area contributed by atoms with Crippen LogP contribution in [0.2, 0.25) is 5.02 Å². The van der Waals surface area contributed by atoms with E-state index < -0.39 is 0 Å². The number of rotatable bonds is 4. The molecule has 0 radical (unpaired) electrons. The Morgan fingerprint density at radius 3 is 2.44 bits per heavy atom. The zero-order valence-electron chi connectivity index (χ0n) is 14.1. The molecule has 0 amide bonds. The molecule has 2 aromatic carbocycles. The molecule has 0 spiro atoms. The van der Waals surface area contributed by atoms with E-state index in [1.54, 1.807) is 0 Å². The molecular weight excluding hydrogens is 332 g/mol. The van der Waals surface area contributed by atoms with Crippen LogP contribution in [0.15, 0.2) is 65.2 Å². The summed E-state index contributed by atoms with van der Waals surface area (Å²) in [6.07, 6.45) is 2.25. The van der Waals surface area contributed by atoms with Gasteiger partial charge in [-0.05, 0) is 55.8 Å². The third kappa shape index (κ3) is 3.94. The van der Waals surface area contributed by atoms with Crippen molar-refractivity contribution in [2.24, 2.45) is 0 Å². The van der Waals surface area contributed by atoms with Gasteiger partial charge in [-0.3, -0.25) is 4.90 Å². The van der Waals surface area contributed by atoms with E-state index in [4.69, 9.17) is 16.1 Å². The van der Waals surface area contributed by atoms with Crippen molar-refractivity contribution < 1.29 is 4.52 Å². The van der Waals surface area contributed by atoms with Crippen LogP contribution in [0.4, 0.5) is 0 Å². The lowest BCUT2D eigenvalue weighted by Crippen LogP contribution is -2.32. The molecule has 1 aliphatic rings. The first-order chi connectivity index (χ1) is 12.3. The number of aromatic nitrogens is 1. The first-order valence-corrected chi connectivity index (χ1v) is 9.14. The fourth-order valence-electron chi connectivity index (χ4n) is 3.46. The summed E-state index contributed by atoms with van der Waals surface area (Å²) in [6, 6.07) is 20.4. The SMILES string of the molecule is Clc1ccc(-c2cc(C3CCN(Cc4ccccc4)CC3)no2)cc1. The highest BCUT2D eigenvalue weighted by atomic mass is 35.5. The molecule has 128 valence electrons. The van der Waals surface area contributed by atoms with Crippen molar-refractivity contribution in [2.45, 2.75) is 25.3 Å². The maximum Gasteiger partial charge on any atom is 0.167 e. The van der Waals surface area contributed by atoms with E-state index in [9.17, 15) is 0 Å². The van der Waals surface area contributed by atoms with E-state index in [-0.39, 0.29) is 0 Å². The summed E-state index contributed by atoms with van der Waals surface area (Å²) in [5.41, 5.74) is 3.47. The van der Waals surface area contributed by atoms with Crippen molar-refractivity contribution in [1.29, 1.82) is 0 Å². The van der Waals surface area contributed by atoms with Crippen LogP contribution in [0.5, 0.6) is 0 Å². The maximum atomic E-state index is 5.95. The second-order valence-electron chi connectivity index (χ2n) is 6.66. The molecule has 1 fully saturated rings. The Labute approximate surface area is 153 Å². The van der Waals surface area contributed by atoms with Gasteiger partial charge in [0.1, 0.15) is 0 Å². The molecule has 0 unspecified atom stereocenters. The monoisotopic (exact) mass is 352 g/mol. The quantitative estimate of drug-likeness (QED) is 0.631. The molecule has 1 saturated heterocycles. The summed E-state index contributed by atoms with van der Waals surface area (Å²) < 4.78 is 5.56. The lowest BCUT2D eigenvalue weighted by molar-refractivity contribution is 0.201. The minimum Gasteiger partial charge on any atom is -0.356 e. The zero-order valence-corrected chi connectivity index (χ0v) is 14.8. The molecule has 1 aliphatic heterocycles. The van der Waals surface area contributed by atoms with Crippen LogP contribution in [-0.4, -0.2) is 23.1 Å². The summed E-state index contributed by atoms with van der Waals surface area (Å²) in [5.74, 6) is 1.30. The molecule has 25 heavy (non-hydrogen) atoms. The van der Waals surface area contributed by atoms with Gasteiger partial charge in [-0.25, -0.2) is 0 Å². The Morgan fingerprint density at radius 2 is 1.72 bits per heavy atom. The first kappa shape index (κ1) is 16.4. The highest BCUT2D eigenvalue weighted by molar-refractivity contribution is 6.30. The lowest BCUT2D eigenvalue weighted by atomic mass is 9.93. The van der Waals surface area contributed by atoms with Crippen LogP contribution >= 0.6 is 11.6 Å². The topological polar surface area (TPSA) is 29.3 Å². The molecule has 4 rings (SSSR count). The van der Waals surface area contributed by atoms with E-state index in [2.05, 4.69) is 46.5 Å². The molecule has 1 aromatic heterocycles. The molecule has 0 aliphatic carbocycles. The van der Waals surface area contributed by atoms with Gasteiger partial charge in [-0.15, -0.1) is 0 Å². The van der Waals surface area contributed by atoms with E-state index in [0.717, 1.165) is 54.5 Å². The van der Waals surface area contributed by atoms with Gasteiger partial charge in [-0.1, -0.05) is 47.1 Å². The fraction of sp³-hybridized carbons (Fsp3) is 0.286. The molecule has 4 heteroatoms. The average molecular weight is 353 g/mol. The van der Waals surface area contributed by atoms with E-state index in [1.807, 2.05) is 24.3 Å². The Morgan fingerprint density at radius 1 is 1.00 bits per heavy atom. The molecule has 0 bridgehead atoms. The van der Waals surface area contributed by atoms with Gasteiger partial charge in [0.05, 0.1) is 5.69 Å². The smallest absolute Gasteiger partial charge is 0.167 e. The standard InChI is InChI=1S/C21H21ClN2O/c22-19-8-6-18(7-9-19)21-14-20(23-25-21)17-10-12-24(13-11-17)15-16-4-2-1-3-5-16/h1-9,14,17H,10-13,15H2. The van der Waals surface area contributed by atoms with Crippen molar-refractivity contribution in [3.8, 4) is 11.3 Å². The van der Waals surface area contributed by atoms with Gasteiger partial charge in [-0.2, -0.15) is 0 Å². The lowest BCUT2D eigenvalue weighted by Gasteiger charge is -2.31.